The van der Waals surface area contributed by atoms with Crippen LogP contribution < -0.4 is 11.1 Å². The number of amides is 1. The molecule has 0 aliphatic carbocycles. The second-order valence-electron chi connectivity index (χ2n) is 7.64. The Morgan fingerprint density at radius 1 is 1.19 bits per heavy atom. The number of benzene rings is 2. The number of nitrogens with zero attached hydrogens (tertiary/aromatic N) is 4. The Kier molecular flexibility index (Phi) is 6.05. The molecule has 2 aromatic heterocycles. The molecule has 1 N–H and O–H groups in total. The Balaban J connectivity index is 1.62. The Morgan fingerprint density at radius 3 is 2.78 bits per heavy atom. The van der Waals surface area contributed by atoms with Gasteiger partial charge in [-0.15, -0.1) is 0 Å². The Labute approximate surface area is 188 Å². The number of carbonyl (C=O) groups is 1. The first kappa shape index (κ1) is 21.7. The minimum atomic E-state index is -0.295. The first-order chi connectivity index (χ1) is 15.4. The molecule has 0 aliphatic rings. The number of para-hydroxylation sites is 1. The maximum absolute atomic E-state index is 13.1. The highest BCUT2D eigenvalue weighted by atomic mass is 35.5. The predicted octanol–water partition coefficient (Wildman–Crippen LogP) is 3.03. The van der Waals surface area contributed by atoms with Crippen molar-refractivity contribution in [1.82, 2.24) is 24.4 Å². The first-order valence-electron chi connectivity index (χ1n) is 10.3. The fourth-order valence-electron chi connectivity index (χ4n) is 3.67. The SMILES string of the molecule is CCCN(Cc1nc2cc(Cl)ccc2c(=O)[nH]1)C(=O)Cn1cnc2c(C)cccc2c1=O. The van der Waals surface area contributed by atoms with Crippen LogP contribution in [0.15, 0.2) is 52.3 Å². The van der Waals surface area contributed by atoms with E-state index >= 15 is 0 Å². The lowest BCUT2D eigenvalue weighted by Crippen LogP contribution is -2.37. The zero-order valence-corrected chi connectivity index (χ0v) is 18.5. The summed E-state index contributed by atoms with van der Waals surface area (Å²) >= 11 is 6.03. The van der Waals surface area contributed by atoms with Crippen molar-refractivity contribution >= 4 is 39.3 Å². The van der Waals surface area contributed by atoms with Gasteiger partial charge in [-0.05, 0) is 43.2 Å². The number of aryl methyl sites for hydroxylation is 1. The van der Waals surface area contributed by atoms with Gasteiger partial charge in [-0.1, -0.05) is 30.7 Å². The molecule has 1 amide bonds. The average molecular weight is 452 g/mol. The molecular formula is C23H22ClN5O3. The number of hydrogen-bond acceptors (Lipinski definition) is 5. The van der Waals surface area contributed by atoms with E-state index < -0.39 is 0 Å². The van der Waals surface area contributed by atoms with Gasteiger partial charge in [-0.2, -0.15) is 0 Å². The van der Waals surface area contributed by atoms with Gasteiger partial charge in [0, 0.05) is 11.6 Å². The summed E-state index contributed by atoms with van der Waals surface area (Å²) in [5.41, 5.74) is 1.43. The van der Waals surface area contributed by atoms with Crippen LogP contribution in [-0.4, -0.2) is 36.9 Å². The molecule has 0 saturated carbocycles. The summed E-state index contributed by atoms with van der Waals surface area (Å²) in [6, 6.07) is 10.2. The van der Waals surface area contributed by atoms with Gasteiger partial charge in [0.15, 0.2) is 0 Å². The maximum Gasteiger partial charge on any atom is 0.261 e. The van der Waals surface area contributed by atoms with Crippen LogP contribution in [0.5, 0.6) is 0 Å². The lowest BCUT2D eigenvalue weighted by Gasteiger charge is -2.22. The maximum atomic E-state index is 13.1. The smallest absolute Gasteiger partial charge is 0.261 e. The third kappa shape index (κ3) is 4.27. The monoisotopic (exact) mass is 451 g/mol. The third-order valence-corrected chi connectivity index (χ3v) is 5.50. The van der Waals surface area contributed by atoms with Crippen molar-refractivity contribution < 1.29 is 4.79 Å². The van der Waals surface area contributed by atoms with Crippen molar-refractivity contribution in [2.24, 2.45) is 0 Å². The van der Waals surface area contributed by atoms with E-state index in [0.717, 1.165) is 5.56 Å². The Bertz CT molecular complexity index is 1440. The van der Waals surface area contributed by atoms with E-state index in [9.17, 15) is 14.4 Å². The molecule has 0 unspecified atom stereocenters. The van der Waals surface area contributed by atoms with Crippen LogP contribution >= 0.6 is 11.6 Å². The zero-order chi connectivity index (χ0) is 22.8. The molecule has 0 spiro atoms. The van der Waals surface area contributed by atoms with Crippen molar-refractivity contribution in [2.75, 3.05) is 6.54 Å². The number of halogens is 1. The minimum Gasteiger partial charge on any atom is -0.334 e. The van der Waals surface area contributed by atoms with Gasteiger partial charge in [0.2, 0.25) is 5.91 Å². The first-order valence-corrected chi connectivity index (χ1v) is 10.7. The molecule has 0 radical (unpaired) electrons. The lowest BCUT2D eigenvalue weighted by atomic mass is 10.1. The highest BCUT2D eigenvalue weighted by Crippen LogP contribution is 2.15. The van der Waals surface area contributed by atoms with E-state index in [4.69, 9.17) is 11.6 Å². The highest BCUT2D eigenvalue weighted by Gasteiger charge is 2.17. The second-order valence-corrected chi connectivity index (χ2v) is 8.07. The van der Waals surface area contributed by atoms with Crippen LogP contribution in [0.4, 0.5) is 0 Å². The molecule has 0 saturated heterocycles. The number of fused-ring (bicyclic) bond motifs is 2. The molecule has 0 aliphatic heterocycles. The number of aromatic nitrogens is 4. The van der Waals surface area contributed by atoms with Gasteiger partial charge in [-0.3, -0.25) is 19.0 Å². The third-order valence-electron chi connectivity index (χ3n) is 5.27. The van der Waals surface area contributed by atoms with Crippen LogP contribution in [-0.2, 0) is 17.9 Å². The van der Waals surface area contributed by atoms with Crippen LogP contribution in [0.3, 0.4) is 0 Å². The van der Waals surface area contributed by atoms with Gasteiger partial charge < -0.3 is 9.88 Å². The van der Waals surface area contributed by atoms with Crippen LogP contribution in [0.1, 0.15) is 24.7 Å². The number of carbonyl (C=O) groups excluding carboxylic acids is 1. The number of rotatable bonds is 6. The van der Waals surface area contributed by atoms with E-state index in [0.29, 0.717) is 45.6 Å². The largest absolute Gasteiger partial charge is 0.334 e. The summed E-state index contributed by atoms with van der Waals surface area (Å²) in [5, 5.41) is 1.37. The summed E-state index contributed by atoms with van der Waals surface area (Å²) in [6.45, 7) is 4.24. The van der Waals surface area contributed by atoms with Gasteiger partial charge in [0.05, 0.1) is 34.7 Å². The van der Waals surface area contributed by atoms with Crippen molar-refractivity contribution in [3.8, 4) is 0 Å². The number of nitrogens with one attached hydrogen (secondary N) is 1. The van der Waals surface area contributed by atoms with Gasteiger partial charge >= 0.3 is 0 Å². The van der Waals surface area contributed by atoms with Gasteiger partial charge in [-0.25, -0.2) is 9.97 Å². The molecule has 2 aromatic carbocycles. The molecule has 32 heavy (non-hydrogen) atoms. The molecule has 0 bridgehead atoms. The summed E-state index contributed by atoms with van der Waals surface area (Å²) in [4.78, 5) is 51.5. The molecule has 4 aromatic rings. The summed E-state index contributed by atoms with van der Waals surface area (Å²) in [7, 11) is 0. The van der Waals surface area contributed by atoms with Gasteiger partial charge in [0.1, 0.15) is 12.4 Å². The quantitative estimate of drug-likeness (QED) is 0.485. The molecule has 2 heterocycles. The van der Waals surface area contributed by atoms with Crippen LogP contribution in [0.2, 0.25) is 5.02 Å². The highest BCUT2D eigenvalue weighted by molar-refractivity contribution is 6.31. The molecule has 8 nitrogen and oxygen atoms in total. The number of H-pyrrole nitrogens is 1. The standard InChI is InChI=1S/C23H22ClN5O3/c1-3-9-28(11-19-26-18-10-15(24)7-8-16(18)22(31)27-19)20(30)12-29-13-25-21-14(2)5-4-6-17(21)23(29)32/h4-8,10,13H,3,9,11-12H2,1-2H3,(H,26,27,31). The Morgan fingerprint density at radius 2 is 2.00 bits per heavy atom. The van der Waals surface area contributed by atoms with E-state index in [2.05, 4.69) is 15.0 Å². The molecule has 4 rings (SSSR count). The summed E-state index contributed by atoms with van der Waals surface area (Å²) in [5.74, 6) is 0.0859. The van der Waals surface area contributed by atoms with Crippen LogP contribution in [0.25, 0.3) is 21.8 Å². The van der Waals surface area contributed by atoms with Crippen LogP contribution in [0, 0.1) is 6.92 Å². The van der Waals surface area contributed by atoms with Gasteiger partial charge in [0.25, 0.3) is 11.1 Å². The number of aromatic amines is 1. The molecule has 0 fully saturated rings. The predicted molar refractivity (Wildman–Crippen MR) is 124 cm³/mol. The van der Waals surface area contributed by atoms with Crippen molar-refractivity contribution in [1.29, 1.82) is 0 Å². The summed E-state index contributed by atoms with van der Waals surface area (Å²) < 4.78 is 1.31. The fourth-order valence-corrected chi connectivity index (χ4v) is 3.84. The molecule has 164 valence electrons. The molecule has 0 atom stereocenters. The zero-order valence-electron chi connectivity index (χ0n) is 17.8. The normalized spacial score (nSPS) is 11.2. The second kappa shape index (κ2) is 8.92. The molecular weight excluding hydrogens is 430 g/mol. The average Bonchev–Trinajstić information content (AvgIpc) is 2.75. The van der Waals surface area contributed by atoms with E-state index in [1.165, 1.54) is 10.9 Å². The number of hydrogen-bond donors (Lipinski definition) is 1. The van der Waals surface area contributed by atoms with Crippen molar-refractivity contribution in [3.05, 3.63) is 79.8 Å². The van der Waals surface area contributed by atoms with Crippen molar-refractivity contribution in [3.63, 3.8) is 0 Å². The minimum absolute atomic E-state index is 0.110. The van der Waals surface area contributed by atoms with E-state index in [1.807, 2.05) is 19.9 Å². The molecule has 9 heteroatoms. The van der Waals surface area contributed by atoms with E-state index in [-0.39, 0.29) is 30.1 Å². The summed E-state index contributed by atoms with van der Waals surface area (Å²) in [6.07, 6.45) is 2.11. The fraction of sp³-hybridized carbons (Fsp3) is 0.261. The van der Waals surface area contributed by atoms with E-state index in [1.54, 1.807) is 35.2 Å². The van der Waals surface area contributed by atoms with Crippen molar-refractivity contribution in [2.45, 2.75) is 33.4 Å². The Hall–Kier alpha value is -3.52. The lowest BCUT2D eigenvalue weighted by molar-refractivity contribution is -0.132. The topological polar surface area (TPSA) is 101 Å².